The molecule has 2 rings (SSSR count). The smallest absolute Gasteiger partial charge is 0.270 e. The van der Waals surface area contributed by atoms with Crippen LogP contribution in [0, 0.1) is 6.92 Å². The van der Waals surface area contributed by atoms with Crippen molar-refractivity contribution in [1.29, 1.82) is 0 Å². The summed E-state index contributed by atoms with van der Waals surface area (Å²) in [5.41, 5.74) is 2.10. The number of likely N-dealkylation sites (N-methyl/N-ethyl adjacent to an activating group) is 1. The Morgan fingerprint density at radius 1 is 1.22 bits per heavy atom. The lowest BCUT2D eigenvalue weighted by atomic mass is 10.2. The fourth-order valence-electron chi connectivity index (χ4n) is 1.93. The summed E-state index contributed by atoms with van der Waals surface area (Å²) < 4.78 is 0. The molecule has 2 heterocycles. The van der Waals surface area contributed by atoms with Crippen LogP contribution in [0.5, 0.6) is 0 Å². The zero-order chi connectivity index (χ0) is 16.7. The van der Waals surface area contributed by atoms with E-state index in [2.05, 4.69) is 30.5 Å². The molecule has 0 fully saturated rings. The number of hydrogen-bond donors (Lipinski definition) is 2. The van der Waals surface area contributed by atoms with Crippen molar-refractivity contribution in [3.8, 4) is 0 Å². The van der Waals surface area contributed by atoms with Crippen LogP contribution >= 0.6 is 0 Å². The molecule has 0 aromatic carbocycles. The normalized spacial score (nSPS) is 10.6. The minimum Gasteiger partial charge on any atom is -0.353 e. The average Bonchev–Trinajstić information content (AvgIpc) is 2.52. The monoisotopic (exact) mass is 314 g/mol. The van der Waals surface area contributed by atoms with Crippen molar-refractivity contribution in [2.45, 2.75) is 13.5 Å². The zero-order valence-electron chi connectivity index (χ0n) is 13.7. The molecular weight excluding hydrogens is 292 g/mol. The lowest BCUT2D eigenvalue weighted by Gasteiger charge is -2.11. The first-order chi connectivity index (χ1) is 11.0. The molecule has 23 heavy (non-hydrogen) atoms. The number of anilines is 1. The number of hydrogen-bond acceptors (Lipinski definition) is 6. The molecule has 0 radical (unpaired) electrons. The molecule has 0 bridgehead atoms. The number of nitrogens with zero attached hydrogens (tertiary/aromatic N) is 4. The van der Waals surface area contributed by atoms with Crippen molar-refractivity contribution in [1.82, 2.24) is 25.2 Å². The second-order valence-electron chi connectivity index (χ2n) is 5.49. The number of pyridine rings is 1. The van der Waals surface area contributed by atoms with E-state index in [4.69, 9.17) is 0 Å². The van der Waals surface area contributed by atoms with E-state index in [1.54, 1.807) is 18.5 Å². The summed E-state index contributed by atoms with van der Waals surface area (Å²) in [6.45, 7) is 3.86. The van der Waals surface area contributed by atoms with Gasteiger partial charge in [-0.05, 0) is 44.8 Å². The summed E-state index contributed by atoms with van der Waals surface area (Å²) in [7, 11) is 3.99. The van der Waals surface area contributed by atoms with Gasteiger partial charge in [-0.15, -0.1) is 0 Å². The number of carbonyl (C=O) groups is 1. The molecule has 7 nitrogen and oxygen atoms in total. The third kappa shape index (κ3) is 5.63. The predicted octanol–water partition coefficient (Wildman–Crippen LogP) is 1.08. The summed E-state index contributed by atoms with van der Waals surface area (Å²) in [5.74, 6) is 0.254. The maximum Gasteiger partial charge on any atom is 0.270 e. The maximum absolute atomic E-state index is 12.3. The highest BCUT2D eigenvalue weighted by molar-refractivity contribution is 5.92. The molecule has 0 saturated heterocycles. The van der Waals surface area contributed by atoms with Crippen molar-refractivity contribution < 1.29 is 4.79 Å². The van der Waals surface area contributed by atoms with Gasteiger partial charge in [-0.25, -0.2) is 9.97 Å². The van der Waals surface area contributed by atoms with Crippen LogP contribution in [0.3, 0.4) is 0 Å². The quantitative estimate of drug-likeness (QED) is 0.796. The topological polar surface area (TPSA) is 83.0 Å². The van der Waals surface area contributed by atoms with Gasteiger partial charge >= 0.3 is 0 Å². The fraction of sp³-hybridized carbons (Fsp3) is 0.375. The number of nitrogens with one attached hydrogen (secondary N) is 2. The first kappa shape index (κ1) is 16.8. The van der Waals surface area contributed by atoms with Gasteiger partial charge in [0.25, 0.3) is 5.91 Å². The van der Waals surface area contributed by atoms with Crippen LogP contribution in [0.1, 0.15) is 21.7 Å². The summed E-state index contributed by atoms with van der Waals surface area (Å²) in [6.07, 6.45) is 3.40. The standard InChI is InChI=1S/C16H22N6O/c1-12-10-14(21-16(20-12)18-8-9-22(2)3)15(23)19-11-13-4-6-17-7-5-13/h4-7,10H,8-9,11H2,1-3H3,(H,19,23)(H,18,20,21). The van der Waals surface area contributed by atoms with Crippen molar-refractivity contribution in [2.24, 2.45) is 0 Å². The van der Waals surface area contributed by atoms with E-state index in [1.807, 2.05) is 33.2 Å². The lowest BCUT2D eigenvalue weighted by Crippen LogP contribution is -2.25. The molecule has 2 aromatic heterocycles. The number of aromatic nitrogens is 3. The molecule has 0 atom stereocenters. The van der Waals surface area contributed by atoms with Crippen molar-refractivity contribution in [3.05, 3.63) is 47.5 Å². The highest BCUT2D eigenvalue weighted by Crippen LogP contribution is 2.05. The Hall–Kier alpha value is -2.54. The van der Waals surface area contributed by atoms with Crippen molar-refractivity contribution in [2.75, 3.05) is 32.5 Å². The van der Waals surface area contributed by atoms with Crippen molar-refractivity contribution in [3.63, 3.8) is 0 Å². The molecule has 0 aliphatic rings. The van der Waals surface area contributed by atoms with Gasteiger partial charge < -0.3 is 15.5 Å². The van der Waals surface area contributed by atoms with E-state index in [0.717, 1.165) is 17.8 Å². The SMILES string of the molecule is Cc1cc(C(=O)NCc2ccncc2)nc(NCCN(C)C)n1. The van der Waals surface area contributed by atoms with Crippen molar-refractivity contribution >= 4 is 11.9 Å². The van der Waals surface area contributed by atoms with Gasteiger partial charge in [0.1, 0.15) is 5.69 Å². The van der Waals surface area contributed by atoms with Crippen LogP contribution in [0.15, 0.2) is 30.6 Å². The second kappa shape index (κ2) is 8.19. The van der Waals surface area contributed by atoms with Gasteiger partial charge in [0.2, 0.25) is 5.95 Å². The first-order valence-corrected chi connectivity index (χ1v) is 7.46. The highest BCUT2D eigenvalue weighted by Gasteiger charge is 2.10. The summed E-state index contributed by atoms with van der Waals surface area (Å²) in [4.78, 5) is 26.8. The Labute approximate surface area is 136 Å². The third-order valence-corrected chi connectivity index (χ3v) is 3.13. The molecule has 0 spiro atoms. The molecule has 2 N–H and O–H groups in total. The maximum atomic E-state index is 12.3. The van der Waals surface area contributed by atoms with Gasteiger partial charge in [0.05, 0.1) is 0 Å². The lowest BCUT2D eigenvalue weighted by molar-refractivity contribution is 0.0945. The number of amides is 1. The average molecular weight is 314 g/mol. The molecular formula is C16H22N6O. The minimum atomic E-state index is -0.219. The fourth-order valence-corrected chi connectivity index (χ4v) is 1.93. The van der Waals surface area contributed by atoms with Crippen LogP contribution in [0.2, 0.25) is 0 Å². The van der Waals surface area contributed by atoms with E-state index in [0.29, 0.717) is 24.7 Å². The second-order valence-corrected chi connectivity index (χ2v) is 5.49. The molecule has 122 valence electrons. The number of rotatable bonds is 7. The number of aryl methyl sites for hydroxylation is 1. The zero-order valence-corrected chi connectivity index (χ0v) is 13.7. The largest absolute Gasteiger partial charge is 0.353 e. The summed E-state index contributed by atoms with van der Waals surface area (Å²) in [6, 6.07) is 5.40. The Morgan fingerprint density at radius 2 is 1.96 bits per heavy atom. The van der Waals surface area contributed by atoms with Gasteiger partial charge in [0, 0.05) is 37.7 Å². The van der Waals surface area contributed by atoms with Crippen LogP contribution in [0.4, 0.5) is 5.95 Å². The van der Waals surface area contributed by atoms with Gasteiger partial charge in [-0.1, -0.05) is 0 Å². The third-order valence-electron chi connectivity index (χ3n) is 3.13. The molecule has 0 aliphatic carbocycles. The van der Waals surface area contributed by atoms with E-state index < -0.39 is 0 Å². The molecule has 1 amide bonds. The van der Waals surface area contributed by atoms with E-state index in [1.165, 1.54) is 0 Å². The van der Waals surface area contributed by atoms with Gasteiger partial charge in [-0.3, -0.25) is 9.78 Å². The molecule has 0 saturated carbocycles. The minimum absolute atomic E-state index is 0.219. The Balaban J connectivity index is 1.97. The number of carbonyl (C=O) groups excluding carboxylic acids is 1. The van der Waals surface area contributed by atoms with Gasteiger partial charge in [0.15, 0.2) is 0 Å². The summed E-state index contributed by atoms with van der Waals surface area (Å²) in [5, 5.41) is 5.98. The molecule has 0 unspecified atom stereocenters. The molecule has 7 heteroatoms. The van der Waals surface area contributed by atoms with E-state index >= 15 is 0 Å². The highest BCUT2D eigenvalue weighted by atomic mass is 16.1. The van der Waals surface area contributed by atoms with Crippen LogP contribution in [-0.2, 0) is 6.54 Å². The van der Waals surface area contributed by atoms with E-state index in [-0.39, 0.29) is 5.91 Å². The Morgan fingerprint density at radius 3 is 2.65 bits per heavy atom. The molecule has 2 aromatic rings. The molecule has 0 aliphatic heterocycles. The Kier molecular flexibility index (Phi) is 5.99. The van der Waals surface area contributed by atoms with Crippen LogP contribution in [-0.4, -0.2) is 52.9 Å². The van der Waals surface area contributed by atoms with E-state index in [9.17, 15) is 4.79 Å². The van der Waals surface area contributed by atoms with Crippen LogP contribution < -0.4 is 10.6 Å². The first-order valence-electron chi connectivity index (χ1n) is 7.46. The summed E-state index contributed by atoms with van der Waals surface area (Å²) >= 11 is 0. The Bertz CT molecular complexity index is 644. The van der Waals surface area contributed by atoms with Crippen LogP contribution in [0.25, 0.3) is 0 Å². The predicted molar refractivity (Wildman–Crippen MR) is 89.2 cm³/mol. The van der Waals surface area contributed by atoms with Gasteiger partial charge in [-0.2, -0.15) is 0 Å².